The number of Topliss-reactive ketones (excluding diaryl/α,β-unsaturated/α-hetero) is 2. The van der Waals surface area contributed by atoms with Gasteiger partial charge in [-0.3, -0.25) is 0 Å². The van der Waals surface area contributed by atoms with Crippen LogP contribution < -0.4 is 0 Å². The first-order valence-electron chi connectivity index (χ1n) is 5.13. The normalized spacial score (nSPS) is 22.2. The molecule has 2 nitrogen and oxygen atoms in total. The number of ketones is 2. The minimum absolute atomic E-state index is 0.0169. The Morgan fingerprint density at radius 2 is 2.12 bits per heavy atom. The van der Waals surface area contributed by atoms with Crippen LogP contribution in [-0.4, -0.2) is 32.7 Å². The summed E-state index contributed by atoms with van der Waals surface area (Å²) in [5, 5.41) is 0.295. The number of hydrogen-bond acceptors (Lipinski definition) is 2. The van der Waals surface area contributed by atoms with Gasteiger partial charge in [0.25, 0.3) is 0 Å². The van der Waals surface area contributed by atoms with Crippen LogP contribution in [0, 0.1) is 0 Å². The van der Waals surface area contributed by atoms with Crippen LogP contribution >= 0.6 is 0 Å². The number of alkyl halides is 3. The van der Waals surface area contributed by atoms with E-state index in [0.717, 1.165) is 12.8 Å². The van der Waals surface area contributed by atoms with Gasteiger partial charge in [-0.2, -0.15) is 0 Å². The molecule has 0 heterocycles. The van der Waals surface area contributed by atoms with Crippen molar-refractivity contribution in [3.8, 4) is 0 Å². The molecule has 16 heavy (non-hydrogen) atoms. The third kappa shape index (κ3) is 4.66. The Bertz CT molecular complexity index is 276. The second-order valence-corrected chi connectivity index (χ2v) is 6.75. The van der Waals surface area contributed by atoms with E-state index in [1.165, 1.54) is 0 Å². The second kappa shape index (κ2) is 5.82. The molecular weight excluding hydrogens is 288 g/mol. The van der Waals surface area contributed by atoms with Crippen molar-refractivity contribution in [3.05, 3.63) is 0 Å². The molecule has 0 radical (unpaired) electrons. The Morgan fingerprint density at radius 1 is 1.44 bits per heavy atom. The fraction of sp³-hybridized carbons (Fsp3) is 0.800. The fourth-order valence-corrected chi connectivity index (χ4v) is 4.26. The van der Waals surface area contributed by atoms with Gasteiger partial charge in [-0.15, -0.1) is 0 Å². The van der Waals surface area contributed by atoms with E-state index in [4.69, 9.17) is 0 Å². The van der Waals surface area contributed by atoms with Gasteiger partial charge < -0.3 is 0 Å². The Morgan fingerprint density at radius 3 is 2.69 bits per heavy atom. The van der Waals surface area contributed by atoms with Gasteiger partial charge in [0.1, 0.15) is 0 Å². The molecule has 0 aliphatic heterocycles. The van der Waals surface area contributed by atoms with E-state index >= 15 is 0 Å². The molecule has 0 N–H and O–H groups in total. The molecule has 0 amide bonds. The molecule has 0 saturated heterocycles. The van der Waals surface area contributed by atoms with Gasteiger partial charge in [0.2, 0.25) is 0 Å². The molecule has 1 saturated carbocycles. The molecule has 0 aromatic rings. The van der Waals surface area contributed by atoms with E-state index in [9.17, 15) is 22.8 Å². The van der Waals surface area contributed by atoms with Gasteiger partial charge in [0.15, 0.2) is 0 Å². The van der Waals surface area contributed by atoms with Crippen molar-refractivity contribution in [2.45, 2.75) is 48.4 Å². The third-order valence-electron chi connectivity index (χ3n) is 2.44. The zero-order valence-corrected chi connectivity index (χ0v) is 10.4. The number of carbonyl (C=O) groups excluding carboxylic acids is 2. The summed E-state index contributed by atoms with van der Waals surface area (Å²) in [6.45, 7) is 0. The van der Waals surface area contributed by atoms with Crippen molar-refractivity contribution >= 4 is 26.5 Å². The molecule has 1 aliphatic rings. The molecule has 0 aromatic heterocycles. The van der Waals surface area contributed by atoms with Crippen LogP contribution in [0.15, 0.2) is 0 Å². The van der Waals surface area contributed by atoms with E-state index in [1.54, 1.807) is 0 Å². The molecule has 0 spiro atoms. The zero-order valence-electron chi connectivity index (χ0n) is 8.68. The van der Waals surface area contributed by atoms with Crippen LogP contribution in [0.2, 0.25) is 10.1 Å². The molecule has 6 heteroatoms. The summed E-state index contributed by atoms with van der Waals surface area (Å²) >= 11 is -0.0169. The van der Waals surface area contributed by atoms with Crippen molar-refractivity contribution in [2.24, 2.45) is 0 Å². The Kier molecular flexibility index (Phi) is 4.99. The molecule has 1 unspecified atom stereocenters. The van der Waals surface area contributed by atoms with Crippen molar-refractivity contribution in [3.63, 3.8) is 0 Å². The standard InChI is InChI=1S/C10H13F3O2Se/c11-10(12,13)9(15)4-5-16-8-3-1-2-7(14)6-8/h8H,1-6H2. The first kappa shape index (κ1) is 13.7. The Balaban J connectivity index is 2.20. The summed E-state index contributed by atoms with van der Waals surface area (Å²) in [5.74, 6) is -1.43. The Labute approximate surface area is 98.1 Å². The number of halogens is 3. The minimum atomic E-state index is -4.70. The number of hydrogen-bond donors (Lipinski definition) is 0. The summed E-state index contributed by atoms with van der Waals surface area (Å²) in [6.07, 6.45) is -2.24. The van der Waals surface area contributed by atoms with Crippen LogP contribution in [0.25, 0.3) is 0 Å². The Hall–Kier alpha value is -0.351. The molecule has 1 aliphatic carbocycles. The first-order valence-corrected chi connectivity index (χ1v) is 7.33. The van der Waals surface area contributed by atoms with Crippen LogP contribution in [-0.2, 0) is 9.59 Å². The van der Waals surface area contributed by atoms with Crippen LogP contribution in [0.5, 0.6) is 0 Å². The van der Waals surface area contributed by atoms with Crippen molar-refractivity contribution in [1.29, 1.82) is 0 Å². The molecule has 0 aromatic carbocycles. The van der Waals surface area contributed by atoms with Gasteiger partial charge in [0.05, 0.1) is 0 Å². The molecule has 92 valence electrons. The molecule has 1 rings (SSSR count). The van der Waals surface area contributed by atoms with Gasteiger partial charge in [-0.25, -0.2) is 0 Å². The van der Waals surface area contributed by atoms with E-state index in [1.807, 2.05) is 0 Å². The average Bonchev–Trinajstić information content (AvgIpc) is 2.16. The van der Waals surface area contributed by atoms with E-state index in [2.05, 4.69) is 0 Å². The van der Waals surface area contributed by atoms with Gasteiger partial charge in [-0.1, -0.05) is 0 Å². The maximum absolute atomic E-state index is 11.9. The quantitative estimate of drug-likeness (QED) is 0.748. The summed E-state index contributed by atoms with van der Waals surface area (Å²) < 4.78 is 35.6. The monoisotopic (exact) mass is 302 g/mol. The van der Waals surface area contributed by atoms with Crippen molar-refractivity contribution in [1.82, 2.24) is 0 Å². The summed E-state index contributed by atoms with van der Waals surface area (Å²) in [4.78, 5) is 21.9. The van der Waals surface area contributed by atoms with Crippen molar-refractivity contribution < 1.29 is 22.8 Å². The topological polar surface area (TPSA) is 34.1 Å². The van der Waals surface area contributed by atoms with Crippen LogP contribution in [0.3, 0.4) is 0 Å². The van der Waals surface area contributed by atoms with E-state index in [-0.39, 0.29) is 25.6 Å². The van der Waals surface area contributed by atoms with E-state index in [0.29, 0.717) is 18.2 Å². The van der Waals surface area contributed by atoms with Gasteiger partial charge in [-0.05, 0) is 0 Å². The van der Waals surface area contributed by atoms with E-state index < -0.39 is 18.4 Å². The SMILES string of the molecule is O=C1CCCC([Se]CCC(=O)C(F)(F)F)C1. The predicted octanol–water partition coefficient (Wildman–Crippen LogP) is 2.56. The molecular formula is C10H13F3O2Se. The first-order chi connectivity index (χ1) is 7.39. The fourth-order valence-electron chi connectivity index (χ4n) is 1.59. The summed E-state index contributed by atoms with van der Waals surface area (Å²) in [7, 11) is 0. The molecule has 1 fully saturated rings. The summed E-state index contributed by atoms with van der Waals surface area (Å²) in [6, 6.07) is 0. The number of rotatable bonds is 4. The maximum atomic E-state index is 11.9. The van der Waals surface area contributed by atoms with Crippen LogP contribution in [0.1, 0.15) is 32.1 Å². The average molecular weight is 301 g/mol. The number of carbonyl (C=O) groups is 2. The zero-order chi connectivity index (χ0) is 12.2. The summed E-state index contributed by atoms with van der Waals surface area (Å²) in [5.41, 5.74) is 0. The van der Waals surface area contributed by atoms with Gasteiger partial charge >= 0.3 is 97.7 Å². The van der Waals surface area contributed by atoms with Crippen LogP contribution in [0.4, 0.5) is 13.2 Å². The predicted molar refractivity (Wildman–Crippen MR) is 53.5 cm³/mol. The second-order valence-electron chi connectivity index (χ2n) is 3.80. The van der Waals surface area contributed by atoms with Gasteiger partial charge in [0, 0.05) is 0 Å². The molecule has 1 atom stereocenters. The third-order valence-corrected chi connectivity index (χ3v) is 5.19. The molecule has 0 bridgehead atoms. The van der Waals surface area contributed by atoms with Crippen molar-refractivity contribution in [2.75, 3.05) is 0 Å².